The van der Waals surface area contributed by atoms with E-state index in [0.717, 1.165) is 37.1 Å². The van der Waals surface area contributed by atoms with Crippen LogP contribution in [0.4, 0.5) is 5.69 Å². The van der Waals surface area contributed by atoms with Crippen molar-refractivity contribution in [3.05, 3.63) is 29.7 Å². The monoisotopic (exact) mass is 298 g/mol. The zero-order valence-electron chi connectivity index (χ0n) is 10.7. The third-order valence-corrected chi connectivity index (χ3v) is 3.74. The zero-order valence-corrected chi connectivity index (χ0v) is 12.3. The van der Waals surface area contributed by atoms with Crippen LogP contribution in [0.25, 0.3) is 10.9 Å². The van der Waals surface area contributed by atoms with Crippen LogP contribution in [0.1, 0.15) is 0 Å². The number of hydrogen-bond acceptors (Lipinski definition) is 4. The van der Waals surface area contributed by atoms with E-state index in [4.69, 9.17) is 11.6 Å². The van der Waals surface area contributed by atoms with Crippen LogP contribution in [-0.2, 0) is 0 Å². The van der Waals surface area contributed by atoms with Crippen LogP contribution in [0.15, 0.2) is 24.5 Å². The molecular weight excluding hydrogens is 283 g/mol. The number of aromatic nitrogens is 2. The van der Waals surface area contributed by atoms with E-state index in [9.17, 15) is 0 Å². The number of anilines is 1. The third-order valence-electron chi connectivity index (χ3n) is 3.44. The van der Waals surface area contributed by atoms with Gasteiger partial charge in [0.1, 0.15) is 11.5 Å². The zero-order chi connectivity index (χ0) is 12.5. The molecule has 0 radical (unpaired) electrons. The van der Waals surface area contributed by atoms with Gasteiger partial charge < -0.3 is 9.80 Å². The summed E-state index contributed by atoms with van der Waals surface area (Å²) < 4.78 is 0. The van der Waals surface area contributed by atoms with Gasteiger partial charge in [-0.3, -0.25) is 0 Å². The number of benzene rings is 1. The predicted molar refractivity (Wildman–Crippen MR) is 81.5 cm³/mol. The van der Waals surface area contributed by atoms with Crippen molar-refractivity contribution < 1.29 is 0 Å². The maximum atomic E-state index is 6.11. The molecule has 19 heavy (non-hydrogen) atoms. The lowest BCUT2D eigenvalue weighted by Crippen LogP contribution is -2.44. The van der Waals surface area contributed by atoms with Gasteiger partial charge in [-0.25, -0.2) is 9.97 Å². The molecule has 0 aliphatic carbocycles. The quantitative estimate of drug-likeness (QED) is 0.757. The van der Waals surface area contributed by atoms with E-state index in [-0.39, 0.29) is 12.4 Å². The summed E-state index contributed by atoms with van der Waals surface area (Å²) in [6.07, 6.45) is 1.50. The SMILES string of the molecule is CN1CCN(c2ccc3ncnc(Cl)c3c2)CC1.Cl. The summed E-state index contributed by atoms with van der Waals surface area (Å²) in [5, 5.41) is 1.45. The van der Waals surface area contributed by atoms with Crippen molar-refractivity contribution >= 4 is 40.6 Å². The van der Waals surface area contributed by atoms with Crippen molar-refractivity contribution in [3.8, 4) is 0 Å². The molecule has 102 valence electrons. The highest BCUT2D eigenvalue weighted by atomic mass is 35.5. The fourth-order valence-corrected chi connectivity index (χ4v) is 2.47. The summed E-state index contributed by atoms with van der Waals surface area (Å²) in [7, 11) is 2.16. The number of hydrogen-bond donors (Lipinski definition) is 0. The first-order chi connectivity index (χ1) is 8.74. The first kappa shape index (κ1) is 14.3. The van der Waals surface area contributed by atoms with E-state index in [2.05, 4.69) is 38.9 Å². The first-order valence-corrected chi connectivity index (χ1v) is 6.45. The number of likely N-dealkylation sites (N-methyl/N-ethyl adjacent to an activating group) is 1. The summed E-state index contributed by atoms with van der Waals surface area (Å²) in [4.78, 5) is 13.0. The van der Waals surface area contributed by atoms with E-state index in [1.54, 1.807) is 0 Å². The Morgan fingerprint density at radius 2 is 1.84 bits per heavy atom. The van der Waals surface area contributed by atoms with Crippen LogP contribution < -0.4 is 4.90 Å². The van der Waals surface area contributed by atoms with Gasteiger partial charge in [-0.05, 0) is 25.2 Å². The smallest absolute Gasteiger partial charge is 0.140 e. The highest BCUT2D eigenvalue weighted by Gasteiger charge is 2.15. The van der Waals surface area contributed by atoms with E-state index in [1.165, 1.54) is 12.0 Å². The fourth-order valence-electron chi connectivity index (χ4n) is 2.27. The largest absolute Gasteiger partial charge is 0.369 e. The molecule has 3 rings (SSSR count). The molecule has 1 aromatic heterocycles. The molecule has 0 N–H and O–H groups in total. The Bertz CT molecular complexity index is 568. The standard InChI is InChI=1S/C13H15ClN4.ClH/c1-17-4-6-18(7-5-17)10-2-3-12-11(8-10)13(14)16-9-15-12;/h2-3,8-9H,4-7H2,1H3;1H. The van der Waals surface area contributed by atoms with Crippen LogP contribution in [0.5, 0.6) is 0 Å². The van der Waals surface area contributed by atoms with Crippen molar-refractivity contribution in [2.24, 2.45) is 0 Å². The highest BCUT2D eigenvalue weighted by molar-refractivity contribution is 6.34. The lowest BCUT2D eigenvalue weighted by molar-refractivity contribution is 0.313. The maximum absolute atomic E-state index is 6.11. The lowest BCUT2D eigenvalue weighted by Gasteiger charge is -2.34. The topological polar surface area (TPSA) is 32.3 Å². The van der Waals surface area contributed by atoms with Crippen LogP contribution in [0.3, 0.4) is 0 Å². The Labute approximate surface area is 123 Å². The molecule has 1 aliphatic rings. The molecule has 1 fully saturated rings. The summed E-state index contributed by atoms with van der Waals surface area (Å²) in [6, 6.07) is 6.20. The molecule has 4 nitrogen and oxygen atoms in total. The molecule has 1 aliphatic heterocycles. The van der Waals surface area contributed by atoms with E-state index in [1.807, 2.05) is 6.07 Å². The second-order valence-corrected chi connectivity index (χ2v) is 5.01. The van der Waals surface area contributed by atoms with Gasteiger partial charge >= 0.3 is 0 Å². The molecule has 2 aromatic rings. The molecule has 1 saturated heterocycles. The van der Waals surface area contributed by atoms with Gasteiger partial charge in [0.05, 0.1) is 5.52 Å². The van der Waals surface area contributed by atoms with Gasteiger partial charge in [-0.2, -0.15) is 0 Å². The Kier molecular flexibility index (Phi) is 4.45. The molecular formula is C13H16Cl2N4. The fraction of sp³-hybridized carbons (Fsp3) is 0.385. The molecule has 2 heterocycles. The van der Waals surface area contributed by atoms with Gasteiger partial charge in [0.25, 0.3) is 0 Å². The highest BCUT2D eigenvalue weighted by Crippen LogP contribution is 2.25. The summed E-state index contributed by atoms with van der Waals surface area (Å²) in [6.45, 7) is 4.29. The van der Waals surface area contributed by atoms with E-state index >= 15 is 0 Å². The summed E-state index contributed by atoms with van der Waals surface area (Å²) in [5.41, 5.74) is 2.10. The van der Waals surface area contributed by atoms with E-state index < -0.39 is 0 Å². The average Bonchev–Trinajstić information content (AvgIpc) is 2.40. The Balaban J connectivity index is 0.00000133. The van der Waals surface area contributed by atoms with Gasteiger partial charge in [-0.1, -0.05) is 11.6 Å². The molecule has 6 heteroatoms. The van der Waals surface area contributed by atoms with E-state index in [0.29, 0.717) is 5.15 Å². The van der Waals surface area contributed by atoms with Crippen molar-refractivity contribution in [2.75, 3.05) is 38.1 Å². The van der Waals surface area contributed by atoms with Crippen molar-refractivity contribution in [2.45, 2.75) is 0 Å². The number of rotatable bonds is 1. The second-order valence-electron chi connectivity index (χ2n) is 4.66. The first-order valence-electron chi connectivity index (χ1n) is 6.08. The molecule has 0 atom stereocenters. The number of halogens is 2. The Hall–Kier alpha value is -1.10. The van der Waals surface area contributed by atoms with Crippen LogP contribution in [0, 0.1) is 0 Å². The number of piperazine rings is 1. The maximum Gasteiger partial charge on any atom is 0.140 e. The Morgan fingerprint density at radius 1 is 1.11 bits per heavy atom. The molecule has 0 spiro atoms. The Morgan fingerprint density at radius 3 is 2.58 bits per heavy atom. The third kappa shape index (κ3) is 2.91. The minimum atomic E-state index is 0. The molecule has 0 bridgehead atoms. The summed E-state index contributed by atoms with van der Waals surface area (Å²) >= 11 is 6.11. The normalized spacial score (nSPS) is 16.4. The van der Waals surface area contributed by atoms with Crippen molar-refractivity contribution in [1.82, 2.24) is 14.9 Å². The number of nitrogens with zero attached hydrogens (tertiary/aromatic N) is 4. The second kappa shape index (κ2) is 5.90. The minimum absolute atomic E-state index is 0. The van der Waals surface area contributed by atoms with Gasteiger partial charge in [0, 0.05) is 37.3 Å². The molecule has 1 aromatic carbocycles. The van der Waals surface area contributed by atoms with Gasteiger partial charge in [0.15, 0.2) is 0 Å². The van der Waals surface area contributed by atoms with Crippen LogP contribution >= 0.6 is 24.0 Å². The minimum Gasteiger partial charge on any atom is -0.369 e. The summed E-state index contributed by atoms with van der Waals surface area (Å²) in [5.74, 6) is 0. The average molecular weight is 299 g/mol. The molecule has 0 amide bonds. The lowest BCUT2D eigenvalue weighted by atomic mass is 10.2. The van der Waals surface area contributed by atoms with Crippen molar-refractivity contribution in [3.63, 3.8) is 0 Å². The van der Waals surface area contributed by atoms with Gasteiger partial charge in [-0.15, -0.1) is 12.4 Å². The van der Waals surface area contributed by atoms with Gasteiger partial charge in [0.2, 0.25) is 0 Å². The predicted octanol–water partition coefficient (Wildman–Crippen LogP) is 2.46. The van der Waals surface area contributed by atoms with Crippen LogP contribution in [-0.4, -0.2) is 48.1 Å². The molecule has 0 saturated carbocycles. The van der Waals surface area contributed by atoms with Crippen LogP contribution in [0.2, 0.25) is 5.15 Å². The number of fused-ring (bicyclic) bond motifs is 1. The molecule has 0 unspecified atom stereocenters. The van der Waals surface area contributed by atoms with Crippen molar-refractivity contribution in [1.29, 1.82) is 0 Å².